The molecule has 0 spiro atoms. The number of aromatic nitrogens is 2. The summed E-state index contributed by atoms with van der Waals surface area (Å²) in [6.07, 6.45) is 1.19. The van der Waals surface area contributed by atoms with E-state index in [9.17, 15) is 13.2 Å². The number of anilines is 1. The molecule has 0 fully saturated rings. The first-order valence-corrected chi connectivity index (χ1v) is 8.00. The quantitative estimate of drug-likeness (QED) is 0.771. The van der Waals surface area contributed by atoms with Gasteiger partial charge < -0.3 is 4.74 Å². The molecule has 0 aliphatic heterocycles. The van der Waals surface area contributed by atoms with Gasteiger partial charge in [-0.05, 0) is 18.2 Å². The van der Waals surface area contributed by atoms with Gasteiger partial charge >= 0.3 is 5.97 Å². The monoisotopic (exact) mass is 384 g/mol. The van der Waals surface area contributed by atoms with Crippen molar-refractivity contribution in [3.8, 4) is 6.07 Å². The highest BCUT2D eigenvalue weighted by Crippen LogP contribution is 2.23. The predicted molar refractivity (Wildman–Crippen MR) is 79.6 cm³/mol. The predicted octanol–water partition coefficient (Wildman–Crippen LogP) is 1.63. The lowest BCUT2D eigenvalue weighted by Crippen LogP contribution is -2.15. The third kappa shape index (κ3) is 3.26. The molecular formula is C12H9BrN4O4S. The Kier molecular flexibility index (Phi) is 4.48. The first kappa shape index (κ1) is 16.0. The Morgan fingerprint density at radius 1 is 1.45 bits per heavy atom. The average Bonchev–Trinajstić information content (AvgIpc) is 2.92. The van der Waals surface area contributed by atoms with Crippen LogP contribution in [0.1, 0.15) is 15.9 Å². The molecular weight excluding hydrogens is 376 g/mol. The molecule has 2 aromatic rings. The summed E-state index contributed by atoms with van der Waals surface area (Å²) in [4.78, 5) is 11.4. The summed E-state index contributed by atoms with van der Waals surface area (Å²) in [6.45, 7) is 0. The molecule has 2 rings (SSSR count). The summed E-state index contributed by atoms with van der Waals surface area (Å²) in [5, 5.41) is 14.8. The number of halogens is 1. The Hall–Kier alpha value is -2.38. The molecule has 0 aliphatic rings. The number of esters is 1. The van der Waals surface area contributed by atoms with Crippen molar-refractivity contribution in [1.82, 2.24) is 10.2 Å². The molecule has 2 N–H and O–H groups in total. The van der Waals surface area contributed by atoms with E-state index in [0.717, 1.165) is 0 Å². The topological polar surface area (TPSA) is 125 Å². The third-order valence-corrected chi connectivity index (χ3v) is 4.39. The van der Waals surface area contributed by atoms with Crippen molar-refractivity contribution in [3.05, 3.63) is 40.0 Å². The lowest BCUT2D eigenvalue weighted by molar-refractivity contribution is 0.0600. The van der Waals surface area contributed by atoms with Gasteiger partial charge in [-0.1, -0.05) is 15.9 Å². The van der Waals surface area contributed by atoms with Crippen molar-refractivity contribution in [2.45, 2.75) is 4.90 Å². The van der Waals surface area contributed by atoms with Gasteiger partial charge in [-0.15, -0.1) is 0 Å². The molecule has 1 aromatic heterocycles. The van der Waals surface area contributed by atoms with Crippen LogP contribution in [0.2, 0.25) is 0 Å². The van der Waals surface area contributed by atoms with Crippen molar-refractivity contribution >= 4 is 37.7 Å². The summed E-state index contributed by atoms with van der Waals surface area (Å²) >= 11 is 3.14. The first-order valence-electron chi connectivity index (χ1n) is 5.72. The number of methoxy groups -OCH3 is 1. The molecule has 0 bridgehead atoms. The number of benzene rings is 1. The zero-order valence-corrected chi connectivity index (χ0v) is 13.5. The number of aromatic amines is 1. The second-order valence-corrected chi connectivity index (χ2v) is 6.64. The number of carbonyl (C=O) groups is 1. The van der Waals surface area contributed by atoms with Gasteiger partial charge in [0.1, 0.15) is 11.6 Å². The normalized spacial score (nSPS) is 10.8. The largest absolute Gasteiger partial charge is 0.465 e. The summed E-state index contributed by atoms with van der Waals surface area (Å²) in [5.41, 5.74) is 0.120. The Balaban J connectivity index is 2.44. The molecule has 0 radical (unpaired) electrons. The zero-order valence-electron chi connectivity index (χ0n) is 11.1. The number of H-pyrrole nitrogens is 1. The van der Waals surface area contributed by atoms with E-state index in [4.69, 9.17) is 5.26 Å². The number of nitrogens with one attached hydrogen (secondary N) is 2. The van der Waals surface area contributed by atoms with Gasteiger partial charge in [0.25, 0.3) is 10.0 Å². The molecule has 1 heterocycles. The van der Waals surface area contributed by atoms with Crippen LogP contribution in [0.25, 0.3) is 0 Å². The van der Waals surface area contributed by atoms with Crippen LogP contribution in [0.5, 0.6) is 0 Å². The van der Waals surface area contributed by atoms with E-state index in [2.05, 4.69) is 35.6 Å². The van der Waals surface area contributed by atoms with Crippen molar-refractivity contribution in [1.29, 1.82) is 5.26 Å². The SMILES string of the molecule is COC(=O)c1cc(Br)cc(S(=O)(=O)Nc2[nH]ncc2C#N)c1. The first-order chi connectivity index (χ1) is 10.4. The maximum absolute atomic E-state index is 12.3. The van der Waals surface area contributed by atoms with Crippen LogP contribution in [-0.2, 0) is 14.8 Å². The van der Waals surface area contributed by atoms with Crippen LogP contribution in [-0.4, -0.2) is 31.7 Å². The summed E-state index contributed by atoms with van der Waals surface area (Å²) in [7, 11) is -2.82. The van der Waals surface area contributed by atoms with Gasteiger partial charge in [0, 0.05) is 4.47 Å². The highest BCUT2D eigenvalue weighted by molar-refractivity contribution is 9.10. The highest BCUT2D eigenvalue weighted by atomic mass is 79.9. The highest BCUT2D eigenvalue weighted by Gasteiger charge is 2.20. The van der Waals surface area contributed by atoms with Gasteiger partial charge in [0.15, 0.2) is 5.82 Å². The Morgan fingerprint density at radius 3 is 2.82 bits per heavy atom. The van der Waals surface area contributed by atoms with E-state index in [0.29, 0.717) is 4.47 Å². The van der Waals surface area contributed by atoms with E-state index in [1.807, 2.05) is 0 Å². The Labute approximate surface area is 134 Å². The fraction of sp³-hybridized carbons (Fsp3) is 0.0833. The molecule has 0 saturated carbocycles. The fourth-order valence-corrected chi connectivity index (χ4v) is 3.35. The molecule has 0 aliphatic carbocycles. The molecule has 0 saturated heterocycles. The summed E-state index contributed by atoms with van der Waals surface area (Å²) in [5.74, 6) is -0.723. The van der Waals surface area contributed by atoms with E-state index in [1.165, 1.54) is 31.5 Å². The molecule has 0 unspecified atom stereocenters. The molecule has 1 aromatic carbocycles. The van der Waals surface area contributed by atoms with Crippen molar-refractivity contribution in [2.75, 3.05) is 11.8 Å². The van der Waals surface area contributed by atoms with E-state index >= 15 is 0 Å². The van der Waals surface area contributed by atoms with Crippen LogP contribution in [0, 0.1) is 11.3 Å². The van der Waals surface area contributed by atoms with E-state index in [1.54, 1.807) is 6.07 Å². The number of nitrogens with zero attached hydrogens (tertiary/aromatic N) is 2. The number of rotatable bonds is 4. The molecule has 114 valence electrons. The third-order valence-electron chi connectivity index (χ3n) is 2.60. The van der Waals surface area contributed by atoms with E-state index in [-0.39, 0.29) is 21.8 Å². The van der Waals surface area contributed by atoms with Gasteiger partial charge in [0.05, 0.1) is 23.8 Å². The number of hydrogen-bond acceptors (Lipinski definition) is 6. The number of nitriles is 1. The minimum absolute atomic E-state index is 0.0479. The van der Waals surface area contributed by atoms with Crippen LogP contribution in [0.3, 0.4) is 0 Å². The van der Waals surface area contributed by atoms with Crippen LogP contribution in [0.4, 0.5) is 5.82 Å². The van der Waals surface area contributed by atoms with Gasteiger partial charge in [0.2, 0.25) is 0 Å². The van der Waals surface area contributed by atoms with Crippen LogP contribution in [0.15, 0.2) is 33.8 Å². The summed E-state index contributed by atoms with van der Waals surface area (Å²) < 4.78 is 31.8. The molecule has 22 heavy (non-hydrogen) atoms. The van der Waals surface area contributed by atoms with E-state index < -0.39 is 16.0 Å². The van der Waals surface area contributed by atoms with Crippen molar-refractivity contribution in [2.24, 2.45) is 0 Å². The fourth-order valence-electron chi connectivity index (χ4n) is 1.60. The van der Waals surface area contributed by atoms with Crippen molar-refractivity contribution in [3.63, 3.8) is 0 Å². The maximum atomic E-state index is 12.3. The number of hydrogen-bond donors (Lipinski definition) is 2. The van der Waals surface area contributed by atoms with Crippen LogP contribution >= 0.6 is 15.9 Å². The van der Waals surface area contributed by atoms with Crippen molar-refractivity contribution < 1.29 is 17.9 Å². The van der Waals surface area contributed by atoms with Crippen LogP contribution < -0.4 is 4.72 Å². The van der Waals surface area contributed by atoms with Gasteiger partial charge in [-0.2, -0.15) is 10.4 Å². The van der Waals surface area contributed by atoms with Gasteiger partial charge in [-0.3, -0.25) is 9.82 Å². The molecule has 8 nitrogen and oxygen atoms in total. The lowest BCUT2D eigenvalue weighted by atomic mass is 10.2. The summed E-state index contributed by atoms with van der Waals surface area (Å²) in [6, 6.07) is 5.71. The minimum Gasteiger partial charge on any atom is -0.465 e. The molecule has 10 heteroatoms. The Morgan fingerprint density at radius 2 is 2.18 bits per heavy atom. The molecule has 0 amide bonds. The van der Waals surface area contributed by atoms with Gasteiger partial charge in [-0.25, -0.2) is 13.2 Å². The smallest absolute Gasteiger partial charge is 0.337 e. The number of carbonyl (C=O) groups excluding carboxylic acids is 1. The number of ether oxygens (including phenoxy) is 1. The second-order valence-electron chi connectivity index (χ2n) is 4.04. The zero-order chi connectivity index (χ0) is 16.3. The standard InChI is InChI=1S/C12H9BrN4O4S/c1-21-12(18)7-2-9(13)4-10(3-7)22(19,20)17-11-8(5-14)6-15-16-11/h2-4,6H,1H3,(H2,15,16,17). The second kappa shape index (κ2) is 6.17. The molecule has 0 atom stereocenters. The number of sulfonamides is 1. The average molecular weight is 385 g/mol. The Bertz CT molecular complexity index is 869. The lowest BCUT2D eigenvalue weighted by Gasteiger charge is -2.08. The minimum atomic E-state index is -4.01. The maximum Gasteiger partial charge on any atom is 0.337 e.